The van der Waals surface area contributed by atoms with E-state index in [0.717, 1.165) is 12.8 Å². The van der Waals surface area contributed by atoms with E-state index in [1.54, 1.807) is 0 Å². The average Bonchev–Trinajstić information content (AvgIpc) is 2.10. The van der Waals surface area contributed by atoms with E-state index in [9.17, 15) is 4.79 Å². The molecule has 1 atom stereocenters. The fourth-order valence-corrected chi connectivity index (χ4v) is 1.15. The quantitative estimate of drug-likeness (QED) is 0.182. The van der Waals surface area contributed by atoms with Gasteiger partial charge in [-0.3, -0.25) is 10.2 Å². The van der Waals surface area contributed by atoms with Crippen molar-refractivity contribution in [2.45, 2.75) is 46.0 Å². The van der Waals surface area contributed by atoms with Gasteiger partial charge in [0.2, 0.25) is 5.91 Å². The van der Waals surface area contributed by atoms with Crippen molar-refractivity contribution in [3.63, 3.8) is 0 Å². The molecule has 0 aromatic carbocycles. The number of hydrazine groups is 1. The van der Waals surface area contributed by atoms with Crippen molar-refractivity contribution < 1.29 is 35.8 Å². The molecule has 0 aliphatic rings. The Morgan fingerprint density at radius 1 is 1.46 bits per heavy atom. The third kappa shape index (κ3) is 8.75. The maximum absolute atomic E-state index is 10.9. The molecule has 0 radical (unpaired) electrons. The minimum Gasteiger partial charge on any atom is -1.00 e. The zero-order valence-corrected chi connectivity index (χ0v) is 11.1. The van der Waals surface area contributed by atoms with Gasteiger partial charge < -0.3 is 1.43 Å². The Bertz CT molecular complexity index is 136. The van der Waals surface area contributed by atoms with Crippen LogP contribution in [-0.2, 0) is 4.79 Å². The summed E-state index contributed by atoms with van der Waals surface area (Å²) >= 11 is 0. The number of carbonyl (C=O) groups is 1. The first kappa shape index (κ1) is 15.9. The van der Waals surface area contributed by atoms with Gasteiger partial charge in [0, 0.05) is 5.92 Å². The Hall–Kier alpha value is 0.430. The minimum absolute atomic E-state index is 0. The molecule has 0 aliphatic carbocycles. The normalized spacial score (nSPS) is 11.6. The van der Waals surface area contributed by atoms with Gasteiger partial charge in [-0.2, -0.15) is 0 Å². The predicted molar refractivity (Wildman–Crippen MR) is 51.4 cm³/mol. The smallest absolute Gasteiger partial charge is 1.00 e. The first-order valence-electron chi connectivity index (χ1n) is 4.72. The third-order valence-corrected chi connectivity index (χ3v) is 2.08. The molecule has 3 nitrogen and oxygen atoms in total. The van der Waals surface area contributed by atoms with Gasteiger partial charge in [0.25, 0.3) is 0 Å². The van der Waals surface area contributed by atoms with Crippen molar-refractivity contribution >= 4 is 5.91 Å². The van der Waals surface area contributed by atoms with Gasteiger partial charge >= 0.3 is 29.6 Å². The zero-order valence-electron chi connectivity index (χ0n) is 10.1. The monoisotopic (exact) mass is 196 g/mol. The maximum atomic E-state index is 10.9. The Labute approximate surface area is 105 Å². The van der Waals surface area contributed by atoms with E-state index < -0.39 is 0 Å². The van der Waals surface area contributed by atoms with Crippen LogP contribution in [0.1, 0.15) is 47.4 Å². The topological polar surface area (TPSA) is 55.1 Å². The molecule has 0 aliphatic heterocycles. The molecule has 0 spiro atoms. The molecule has 0 aromatic rings. The van der Waals surface area contributed by atoms with Crippen molar-refractivity contribution in [2.24, 2.45) is 11.8 Å². The minimum atomic E-state index is -0.0495. The van der Waals surface area contributed by atoms with Gasteiger partial charge in [-0.25, -0.2) is 5.84 Å². The number of unbranched alkanes of at least 4 members (excludes halogenated alkanes) is 3. The van der Waals surface area contributed by atoms with Gasteiger partial charge in [-0.1, -0.05) is 39.5 Å². The van der Waals surface area contributed by atoms with Gasteiger partial charge in [-0.05, 0) is 6.42 Å². The molecule has 0 unspecified atom stereocenters. The molecule has 0 fully saturated rings. The molecule has 4 heteroatoms. The molecule has 0 aromatic heterocycles. The van der Waals surface area contributed by atoms with Crippen molar-refractivity contribution in [3.05, 3.63) is 0 Å². The van der Waals surface area contributed by atoms with Crippen LogP contribution in [0.5, 0.6) is 0 Å². The maximum Gasteiger partial charge on any atom is 1.00 e. The van der Waals surface area contributed by atoms with E-state index in [1.165, 1.54) is 19.3 Å². The first-order chi connectivity index (χ1) is 5.72. The summed E-state index contributed by atoms with van der Waals surface area (Å²) in [7, 11) is 0. The second-order valence-corrected chi connectivity index (χ2v) is 3.26. The largest absolute Gasteiger partial charge is 1.00 e. The summed E-state index contributed by atoms with van der Waals surface area (Å²) in [5, 5.41) is 0. The fraction of sp³-hybridized carbons (Fsp3) is 0.889. The van der Waals surface area contributed by atoms with Crippen molar-refractivity contribution in [1.82, 2.24) is 5.43 Å². The Balaban J connectivity index is -0.000000605. The van der Waals surface area contributed by atoms with E-state index in [-0.39, 0.29) is 42.8 Å². The number of carbonyl (C=O) groups excluding carboxylic acids is 1. The second-order valence-electron chi connectivity index (χ2n) is 3.26. The molecular formula is C9H21N2NaO. The van der Waals surface area contributed by atoms with Crippen LogP contribution in [0.25, 0.3) is 0 Å². The number of hydrogen-bond donors (Lipinski definition) is 2. The third-order valence-electron chi connectivity index (χ3n) is 2.08. The molecule has 1 amide bonds. The molecule has 0 rings (SSSR count). The van der Waals surface area contributed by atoms with Crippen LogP contribution in [0.2, 0.25) is 0 Å². The molecular weight excluding hydrogens is 175 g/mol. The average molecular weight is 196 g/mol. The Morgan fingerprint density at radius 2 is 2.08 bits per heavy atom. The Morgan fingerprint density at radius 3 is 2.54 bits per heavy atom. The van der Waals surface area contributed by atoms with E-state index >= 15 is 0 Å². The molecule has 0 bridgehead atoms. The van der Waals surface area contributed by atoms with E-state index in [4.69, 9.17) is 5.84 Å². The van der Waals surface area contributed by atoms with Gasteiger partial charge in [0.1, 0.15) is 0 Å². The molecule has 3 N–H and O–H groups in total. The van der Waals surface area contributed by atoms with Crippen LogP contribution >= 0.6 is 0 Å². The molecule has 13 heavy (non-hydrogen) atoms. The standard InChI is InChI=1S/C9H20N2O.Na.H/c1-3-4-5-6-7-8(2)9(12)11-10;;/h8H,3-7,10H2,1-2H3,(H,11,12);;/q;+1;-1/t8-;;/m0../s1. The van der Waals surface area contributed by atoms with Crippen LogP contribution in [0, 0.1) is 5.92 Å². The Kier molecular flexibility index (Phi) is 12.8. The van der Waals surface area contributed by atoms with Crippen molar-refractivity contribution in [1.29, 1.82) is 0 Å². The summed E-state index contributed by atoms with van der Waals surface area (Å²) < 4.78 is 0. The van der Waals surface area contributed by atoms with Crippen LogP contribution < -0.4 is 40.8 Å². The van der Waals surface area contributed by atoms with Crippen molar-refractivity contribution in [3.8, 4) is 0 Å². The zero-order chi connectivity index (χ0) is 9.40. The fourth-order valence-electron chi connectivity index (χ4n) is 1.15. The van der Waals surface area contributed by atoms with Gasteiger partial charge in [-0.15, -0.1) is 0 Å². The van der Waals surface area contributed by atoms with Crippen LogP contribution in [-0.4, -0.2) is 5.91 Å². The predicted octanol–water partition coefficient (Wildman–Crippen LogP) is -1.30. The summed E-state index contributed by atoms with van der Waals surface area (Å²) in [5.74, 6) is 5.02. The van der Waals surface area contributed by atoms with Gasteiger partial charge in [0.15, 0.2) is 0 Å². The number of hydrogen-bond acceptors (Lipinski definition) is 2. The van der Waals surface area contributed by atoms with Crippen LogP contribution in [0.15, 0.2) is 0 Å². The van der Waals surface area contributed by atoms with Gasteiger partial charge in [0.05, 0.1) is 0 Å². The van der Waals surface area contributed by atoms with E-state index in [2.05, 4.69) is 12.3 Å². The summed E-state index contributed by atoms with van der Waals surface area (Å²) in [6.45, 7) is 4.09. The number of amides is 1. The molecule has 0 saturated carbocycles. The second kappa shape index (κ2) is 10.5. The summed E-state index contributed by atoms with van der Waals surface area (Å²) in [4.78, 5) is 10.9. The molecule has 0 saturated heterocycles. The molecule has 74 valence electrons. The van der Waals surface area contributed by atoms with Crippen LogP contribution in [0.4, 0.5) is 0 Å². The summed E-state index contributed by atoms with van der Waals surface area (Å²) in [6.07, 6.45) is 5.79. The number of rotatable bonds is 6. The van der Waals surface area contributed by atoms with Crippen LogP contribution in [0.3, 0.4) is 0 Å². The number of nitrogens with one attached hydrogen (secondary N) is 1. The number of nitrogens with two attached hydrogens (primary N) is 1. The first-order valence-corrected chi connectivity index (χ1v) is 4.72. The molecule has 0 heterocycles. The summed E-state index contributed by atoms with van der Waals surface area (Å²) in [5.41, 5.74) is 2.17. The van der Waals surface area contributed by atoms with E-state index in [1.807, 2.05) is 6.92 Å². The summed E-state index contributed by atoms with van der Waals surface area (Å²) in [6, 6.07) is 0. The SMILES string of the molecule is CCCCCC[C@H](C)C(=O)NN.[H-].[Na+]. The van der Waals surface area contributed by atoms with E-state index in [0.29, 0.717) is 0 Å². The van der Waals surface area contributed by atoms with Crippen molar-refractivity contribution in [2.75, 3.05) is 0 Å².